The summed E-state index contributed by atoms with van der Waals surface area (Å²) in [6.07, 6.45) is 6.01. The highest BCUT2D eigenvalue weighted by Crippen LogP contribution is 2.04. The van der Waals surface area contributed by atoms with Crippen LogP contribution in [0.15, 0.2) is 0 Å². The van der Waals surface area contributed by atoms with Crippen LogP contribution in [0.25, 0.3) is 0 Å². The first-order valence-corrected chi connectivity index (χ1v) is 10.5. The van der Waals surface area contributed by atoms with Crippen molar-refractivity contribution in [3.8, 4) is 0 Å². The Morgan fingerprint density at radius 2 is 1.30 bits per heavy atom. The molecule has 0 fully saturated rings. The van der Waals surface area contributed by atoms with Gasteiger partial charge in [-0.05, 0) is 26.1 Å². The summed E-state index contributed by atoms with van der Waals surface area (Å²) in [4.78, 5) is 0. The summed E-state index contributed by atoms with van der Waals surface area (Å²) in [5.74, 6) is 4.46. The van der Waals surface area contributed by atoms with Crippen LogP contribution in [-0.4, -0.2) is 21.9 Å². The summed E-state index contributed by atoms with van der Waals surface area (Å²) in [6.45, 7) is 18.2. The van der Waals surface area contributed by atoms with E-state index in [4.69, 9.17) is 0 Å². The molecule has 20 heavy (non-hydrogen) atoms. The average molecular weight is 310 g/mol. The molecule has 0 aliphatic rings. The molecule has 0 bridgehead atoms. The first-order chi connectivity index (χ1) is 9.48. The highest BCUT2D eigenvalue weighted by atomic mass is 32.2. The lowest BCUT2D eigenvalue weighted by Gasteiger charge is -2.13. The van der Waals surface area contributed by atoms with Crippen LogP contribution in [0.3, 0.4) is 0 Å². The van der Waals surface area contributed by atoms with Crippen LogP contribution in [0.4, 0.5) is 0 Å². The second-order valence-electron chi connectivity index (χ2n) is 4.20. The van der Waals surface area contributed by atoms with Crippen LogP contribution in [-0.2, 0) is 9.71 Å². The van der Waals surface area contributed by atoms with Crippen molar-refractivity contribution in [2.75, 3.05) is 5.75 Å². The molecule has 0 aromatic carbocycles. The van der Waals surface area contributed by atoms with Gasteiger partial charge in [-0.1, -0.05) is 74.1 Å². The molecule has 0 aliphatic carbocycles. The van der Waals surface area contributed by atoms with E-state index in [2.05, 4.69) is 17.5 Å². The Balaban J connectivity index is -0.000000187. The van der Waals surface area contributed by atoms with Gasteiger partial charge in [0, 0.05) is 21.5 Å². The molecule has 0 aliphatic heterocycles. The van der Waals surface area contributed by atoms with E-state index in [-0.39, 0.29) is 6.04 Å². The monoisotopic (exact) mass is 309 g/mol. The van der Waals surface area contributed by atoms with Gasteiger partial charge in [-0.15, -0.1) is 0 Å². The minimum absolute atomic E-state index is 0.260. The zero-order valence-corrected chi connectivity index (χ0v) is 16.7. The Morgan fingerprint density at radius 1 is 0.900 bits per heavy atom. The molecule has 1 atom stereocenters. The largest absolute Gasteiger partial charge is 0.253 e. The lowest BCUT2D eigenvalue weighted by atomic mass is 10.2. The minimum Gasteiger partial charge on any atom is -0.253 e. The molecule has 0 radical (unpaired) electrons. The third kappa shape index (κ3) is 30.8. The second-order valence-corrected chi connectivity index (χ2v) is 6.47. The Bertz CT molecular complexity index is 221. The van der Waals surface area contributed by atoms with Gasteiger partial charge in [0.1, 0.15) is 0 Å². The molecular weight excluding hydrogens is 266 g/mol. The highest BCUT2D eigenvalue weighted by Gasteiger charge is 2.04. The van der Waals surface area contributed by atoms with E-state index < -0.39 is 9.71 Å². The molecule has 1 unspecified atom stereocenters. The summed E-state index contributed by atoms with van der Waals surface area (Å²) >= 11 is 0. The minimum atomic E-state index is -2.02. The van der Waals surface area contributed by atoms with Crippen molar-refractivity contribution >= 4 is 15.6 Å². The lowest BCUT2D eigenvalue weighted by Crippen LogP contribution is -2.32. The van der Waals surface area contributed by atoms with Gasteiger partial charge in [0.25, 0.3) is 0 Å². The summed E-state index contributed by atoms with van der Waals surface area (Å²) in [5, 5.41) is 0. The number of nitrogens with one attached hydrogen (secondary N) is 1. The van der Waals surface area contributed by atoms with Gasteiger partial charge in [-0.2, -0.15) is 0 Å². The first-order valence-electron chi connectivity index (χ1n) is 8.60. The molecule has 0 saturated heterocycles. The van der Waals surface area contributed by atoms with Crippen molar-refractivity contribution in [3.05, 3.63) is 0 Å². The molecule has 1 N–H and O–H groups in total. The molecule has 0 saturated carbocycles. The Labute approximate surface area is 131 Å². The molecule has 0 aromatic rings. The van der Waals surface area contributed by atoms with E-state index in [0.29, 0.717) is 0 Å². The summed E-state index contributed by atoms with van der Waals surface area (Å²) in [7, 11) is -2.02. The molecular formula is C17H43NOS. The maximum Gasteiger partial charge on any atom is 0.0289 e. The van der Waals surface area contributed by atoms with Crippen LogP contribution in [0.5, 0.6) is 0 Å². The van der Waals surface area contributed by atoms with Gasteiger partial charge in [0.05, 0.1) is 0 Å². The SMILES string of the molecule is C=S(=O)(CCCCCCC)NC(C)C.CC.CC.CC. The summed E-state index contributed by atoms with van der Waals surface area (Å²) in [5.41, 5.74) is 0. The molecule has 0 rings (SSSR count). The Kier molecular flexibility index (Phi) is 33.9. The van der Waals surface area contributed by atoms with Crippen molar-refractivity contribution < 1.29 is 4.21 Å². The number of unbranched alkanes of at least 4 members (excludes halogenated alkanes) is 4. The van der Waals surface area contributed by atoms with Gasteiger partial charge < -0.3 is 0 Å². The van der Waals surface area contributed by atoms with Crippen LogP contribution < -0.4 is 4.72 Å². The van der Waals surface area contributed by atoms with Crippen LogP contribution in [0, 0.1) is 0 Å². The van der Waals surface area contributed by atoms with Crippen LogP contribution in [0.2, 0.25) is 0 Å². The Hall–Kier alpha value is -0.0200. The lowest BCUT2D eigenvalue weighted by molar-refractivity contribution is 0.632. The number of rotatable bonds is 8. The van der Waals surface area contributed by atoms with Gasteiger partial charge in [0.15, 0.2) is 0 Å². The van der Waals surface area contributed by atoms with Crippen molar-refractivity contribution in [2.45, 2.75) is 100 Å². The molecule has 128 valence electrons. The van der Waals surface area contributed by atoms with Crippen molar-refractivity contribution in [1.82, 2.24) is 4.72 Å². The zero-order valence-electron chi connectivity index (χ0n) is 15.8. The predicted octanol–water partition coefficient (Wildman–Crippen LogP) is 5.66. The van der Waals surface area contributed by atoms with E-state index >= 15 is 0 Å². The third-order valence-corrected chi connectivity index (χ3v) is 3.88. The van der Waals surface area contributed by atoms with E-state index in [0.717, 1.165) is 12.2 Å². The zero-order chi connectivity index (χ0) is 17.0. The van der Waals surface area contributed by atoms with E-state index in [1.165, 1.54) is 25.7 Å². The highest BCUT2D eigenvalue weighted by molar-refractivity contribution is 7.98. The van der Waals surface area contributed by atoms with Crippen LogP contribution >= 0.6 is 0 Å². The quantitative estimate of drug-likeness (QED) is 0.454. The molecule has 0 amide bonds. The number of hydrogen-bond donors (Lipinski definition) is 1. The first kappa shape index (κ1) is 28.2. The van der Waals surface area contributed by atoms with Crippen LogP contribution in [0.1, 0.15) is 94.4 Å². The van der Waals surface area contributed by atoms with E-state index in [1.807, 2.05) is 55.4 Å². The van der Waals surface area contributed by atoms with Gasteiger partial charge in [-0.25, -0.2) is 4.72 Å². The van der Waals surface area contributed by atoms with Gasteiger partial charge in [-0.3, -0.25) is 4.21 Å². The smallest absolute Gasteiger partial charge is 0.0289 e. The topological polar surface area (TPSA) is 29.1 Å². The van der Waals surface area contributed by atoms with Crippen molar-refractivity contribution in [3.63, 3.8) is 0 Å². The maximum absolute atomic E-state index is 11.8. The average Bonchev–Trinajstić information content (AvgIpc) is 2.44. The number of hydrogen-bond acceptors (Lipinski definition) is 1. The Morgan fingerprint density at radius 3 is 1.65 bits per heavy atom. The standard InChI is InChI=1S/C11H25NOS.3C2H6/c1-5-6-7-8-9-10-14(4,13)12-11(2)3;3*1-2/h11H,4-10H2,1-3H3,(H,12,13);3*1-2H3. The third-order valence-electron chi connectivity index (χ3n) is 2.03. The fourth-order valence-electron chi connectivity index (χ4n) is 1.43. The molecule has 2 nitrogen and oxygen atoms in total. The maximum atomic E-state index is 11.8. The fraction of sp³-hybridized carbons (Fsp3) is 0.941. The fourth-order valence-corrected chi connectivity index (χ4v) is 3.07. The molecule has 0 heterocycles. The van der Waals surface area contributed by atoms with Crippen molar-refractivity contribution in [2.24, 2.45) is 0 Å². The normalized spacial score (nSPS) is 11.9. The van der Waals surface area contributed by atoms with E-state index in [9.17, 15) is 4.21 Å². The van der Waals surface area contributed by atoms with Crippen molar-refractivity contribution in [1.29, 1.82) is 0 Å². The molecule has 0 spiro atoms. The summed E-state index contributed by atoms with van der Waals surface area (Å²) in [6, 6.07) is 0.260. The molecule has 0 aromatic heterocycles. The second kappa shape index (κ2) is 24.0. The van der Waals surface area contributed by atoms with Gasteiger partial charge in [0.2, 0.25) is 0 Å². The predicted molar refractivity (Wildman–Crippen MR) is 101 cm³/mol. The van der Waals surface area contributed by atoms with E-state index in [1.54, 1.807) is 0 Å². The summed E-state index contributed by atoms with van der Waals surface area (Å²) < 4.78 is 14.8. The van der Waals surface area contributed by atoms with Gasteiger partial charge >= 0.3 is 0 Å². The molecule has 3 heteroatoms.